The molecule has 3 aromatic carbocycles. The Bertz CT molecular complexity index is 1900. The molecule has 0 unspecified atom stereocenters. The van der Waals surface area contributed by atoms with E-state index in [1.165, 1.54) is 40.1 Å². The Morgan fingerprint density at radius 3 is 2.44 bits per heavy atom. The number of benzene rings is 3. The highest BCUT2D eigenvalue weighted by molar-refractivity contribution is 6.02. The minimum Gasteiger partial charge on any atom is -0.482 e. The average molecular weight is 716 g/mol. The largest absolute Gasteiger partial charge is 0.482 e. The Morgan fingerprint density at radius 2 is 1.69 bits per heavy atom. The summed E-state index contributed by atoms with van der Waals surface area (Å²) in [7, 11) is 1.61. The zero-order valence-electron chi connectivity index (χ0n) is 29.6. The number of hydrogen-bond donors (Lipinski definition) is 1. The molecule has 0 aliphatic carbocycles. The van der Waals surface area contributed by atoms with Gasteiger partial charge in [0.1, 0.15) is 23.1 Å². The van der Waals surface area contributed by atoms with Crippen molar-refractivity contribution in [1.29, 1.82) is 0 Å². The van der Waals surface area contributed by atoms with Crippen LogP contribution in [0.1, 0.15) is 63.8 Å². The van der Waals surface area contributed by atoms with Gasteiger partial charge < -0.3 is 39.1 Å². The molecule has 1 saturated heterocycles. The highest BCUT2D eigenvalue weighted by Crippen LogP contribution is 2.33. The highest BCUT2D eigenvalue weighted by Gasteiger charge is 2.38. The SMILES string of the molecule is CCCN1CC(=O)N[C@@H]2CN(C(=O)c3ccc4c(c3)N(C)C(=O)CO4)C[C@H]2OCc2cc(F)cc(c2)Oc2cc(C(=O)N(CC)CC)cc(c2)C1=O. The topological polar surface area (TPSA) is 138 Å². The fourth-order valence-electron chi connectivity index (χ4n) is 6.67. The van der Waals surface area contributed by atoms with E-state index in [0.29, 0.717) is 42.1 Å². The van der Waals surface area contributed by atoms with E-state index in [0.717, 1.165) is 0 Å². The van der Waals surface area contributed by atoms with Crippen molar-refractivity contribution in [2.45, 2.75) is 45.9 Å². The Hall–Kier alpha value is -5.50. The fourth-order valence-corrected chi connectivity index (χ4v) is 6.67. The van der Waals surface area contributed by atoms with Crippen molar-refractivity contribution in [3.63, 3.8) is 0 Å². The van der Waals surface area contributed by atoms with Crippen molar-refractivity contribution in [1.82, 2.24) is 20.0 Å². The van der Waals surface area contributed by atoms with E-state index in [1.54, 1.807) is 41.1 Å². The summed E-state index contributed by atoms with van der Waals surface area (Å²) in [4.78, 5) is 73.1. The quantitative estimate of drug-likeness (QED) is 0.407. The number of anilines is 1. The van der Waals surface area contributed by atoms with Crippen LogP contribution < -0.4 is 19.7 Å². The minimum atomic E-state index is -0.685. The van der Waals surface area contributed by atoms with Crippen LogP contribution in [-0.2, 0) is 20.9 Å². The number of nitrogens with zero attached hydrogens (tertiary/aromatic N) is 4. The van der Waals surface area contributed by atoms with Gasteiger partial charge in [0.05, 0.1) is 31.0 Å². The number of likely N-dealkylation sites (N-methyl/N-ethyl adjacent to an activating group) is 1. The summed E-state index contributed by atoms with van der Waals surface area (Å²) in [6.45, 7) is 6.49. The second-order valence-corrected chi connectivity index (χ2v) is 13.0. The number of amides is 5. The van der Waals surface area contributed by atoms with Crippen LogP contribution in [0.4, 0.5) is 10.1 Å². The monoisotopic (exact) mass is 715 g/mol. The third-order valence-corrected chi connectivity index (χ3v) is 9.39. The maximum atomic E-state index is 15.0. The van der Waals surface area contributed by atoms with Crippen LogP contribution in [0.25, 0.3) is 0 Å². The first-order valence-electron chi connectivity index (χ1n) is 17.4. The first-order valence-corrected chi connectivity index (χ1v) is 17.4. The summed E-state index contributed by atoms with van der Waals surface area (Å²) in [6.07, 6.45) is -0.133. The van der Waals surface area contributed by atoms with Crippen molar-refractivity contribution in [2.24, 2.45) is 0 Å². The third kappa shape index (κ3) is 7.71. The molecular formula is C38H42FN5O8. The Kier molecular flexibility index (Phi) is 10.7. The van der Waals surface area contributed by atoms with Crippen LogP contribution in [0.3, 0.4) is 0 Å². The molecule has 3 heterocycles. The van der Waals surface area contributed by atoms with E-state index in [-0.39, 0.29) is 79.7 Å². The number of carbonyl (C=O) groups excluding carboxylic acids is 5. The van der Waals surface area contributed by atoms with E-state index >= 15 is 0 Å². The van der Waals surface area contributed by atoms with Gasteiger partial charge in [-0.2, -0.15) is 0 Å². The third-order valence-electron chi connectivity index (χ3n) is 9.39. The van der Waals surface area contributed by atoms with Crippen molar-refractivity contribution in [3.8, 4) is 17.2 Å². The zero-order valence-corrected chi connectivity index (χ0v) is 29.6. The smallest absolute Gasteiger partial charge is 0.264 e. The first kappa shape index (κ1) is 36.3. The molecule has 2 atom stereocenters. The molecule has 0 spiro atoms. The molecule has 0 saturated carbocycles. The molecule has 13 nitrogen and oxygen atoms in total. The predicted molar refractivity (Wildman–Crippen MR) is 188 cm³/mol. The molecule has 1 N–H and O–H groups in total. The van der Waals surface area contributed by atoms with Crippen LogP contribution in [0, 0.1) is 5.82 Å². The molecule has 0 radical (unpaired) electrons. The maximum Gasteiger partial charge on any atom is 0.264 e. The lowest BCUT2D eigenvalue weighted by Crippen LogP contribution is -2.49. The summed E-state index contributed by atoms with van der Waals surface area (Å²) >= 11 is 0. The van der Waals surface area contributed by atoms with Gasteiger partial charge in [0.2, 0.25) is 5.91 Å². The second-order valence-electron chi connectivity index (χ2n) is 13.0. The van der Waals surface area contributed by atoms with Crippen LogP contribution in [-0.4, -0.2) is 109 Å². The molecule has 3 aliphatic rings. The van der Waals surface area contributed by atoms with E-state index in [2.05, 4.69) is 5.32 Å². The minimum absolute atomic E-state index is 0.0670. The summed E-state index contributed by atoms with van der Waals surface area (Å²) < 4.78 is 32.8. The molecule has 3 aliphatic heterocycles. The Labute approximate surface area is 301 Å². The van der Waals surface area contributed by atoms with Gasteiger partial charge in [-0.15, -0.1) is 0 Å². The molecule has 5 amide bonds. The molecule has 0 aromatic heterocycles. The summed E-state index contributed by atoms with van der Waals surface area (Å²) in [6, 6.07) is 12.8. The van der Waals surface area contributed by atoms with Gasteiger partial charge in [-0.05, 0) is 74.4 Å². The van der Waals surface area contributed by atoms with Gasteiger partial charge in [-0.3, -0.25) is 24.0 Å². The lowest BCUT2D eigenvalue weighted by Gasteiger charge is -2.26. The zero-order chi connectivity index (χ0) is 37.1. The van der Waals surface area contributed by atoms with Crippen molar-refractivity contribution >= 4 is 35.2 Å². The number of fused-ring (bicyclic) bond motifs is 6. The summed E-state index contributed by atoms with van der Waals surface area (Å²) in [5, 5.41) is 2.97. The Morgan fingerprint density at radius 1 is 0.923 bits per heavy atom. The van der Waals surface area contributed by atoms with Gasteiger partial charge in [0.15, 0.2) is 6.61 Å². The summed E-state index contributed by atoms with van der Waals surface area (Å²) in [5.41, 5.74) is 1.57. The number of nitrogens with one attached hydrogen (secondary N) is 1. The number of ether oxygens (including phenoxy) is 3. The molecule has 14 heteroatoms. The molecule has 4 bridgehead atoms. The summed E-state index contributed by atoms with van der Waals surface area (Å²) in [5.74, 6) is -1.66. The number of rotatable bonds is 6. The molecular weight excluding hydrogens is 673 g/mol. The number of carbonyl (C=O) groups is 5. The average Bonchev–Trinajstić information content (AvgIpc) is 3.53. The van der Waals surface area contributed by atoms with Crippen LogP contribution in [0.5, 0.6) is 17.2 Å². The number of likely N-dealkylation sites (tertiary alicyclic amines) is 1. The fraction of sp³-hybridized carbons (Fsp3) is 0.395. The number of hydrogen-bond acceptors (Lipinski definition) is 8. The van der Waals surface area contributed by atoms with Gasteiger partial charge in [-0.1, -0.05) is 6.92 Å². The van der Waals surface area contributed by atoms with E-state index in [1.807, 2.05) is 20.8 Å². The van der Waals surface area contributed by atoms with Gasteiger partial charge in [-0.25, -0.2) is 4.39 Å². The van der Waals surface area contributed by atoms with Crippen LogP contribution >= 0.6 is 0 Å². The van der Waals surface area contributed by atoms with Crippen LogP contribution in [0.2, 0.25) is 0 Å². The maximum absolute atomic E-state index is 15.0. The highest BCUT2D eigenvalue weighted by atomic mass is 19.1. The lowest BCUT2D eigenvalue weighted by molar-refractivity contribution is -0.123. The first-order chi connectivity index (χ1) is 25.0. The second kappa shape index (κ2) is 15.4. The Balaban J connectivity index is 1.32. The van der Waals surface area contributed by atoms with Crippen molar-refractivity contribution in [3.05, 3.63) is 82.7 Å². The van der Waals surface area contributed by atoms with E-state index in [9.17, 15) is 28.4 Å². The van der Waals surface area contributed by atoms with Gasteiger partial charge in [0, 0.05) is 62.5 Å². The predicted octanol–water partition coefficient (Wildman–Crippen LogP) is 3.85. The van der Waals surface area contributed by atoms with Crippen molar-refractivity contribution < 1.29 is 42.6 Å². The van der Waals surface area contributed by atoms with Crippen LogP contribution in [0.15, 0.2) is 54.6 Å². The normalized spacial score (nSPS) is 18.9. The van der Waals surface area contributed by atoms with E-state index in [4.69, 9.17) is 14.2 Å². The molecule has 6 rings (SSSR count). The molecule has 1 fully saturated rings. The standard InChI is InChI=1S/C38H42FN5O8/c1-5-10-43-20-34(45)40-30-18-44(36(47)24-8-9-32-31(16-24)41(4)35(46)22-51-32)19-33(30)50-21-23-11-27(39)17-28(12-23)52-29-14-25(13-26(15-29)38(43)49)37(48)42(6-2)7-3/h8-9,11-17,30,33H,5-7,10,18-22H2,1-4H3,(H,40,45)/t30-,33-/m1/s1. The van der Waals surface area contributed by atoms with Crippen molar-refractivity contribution in [2.75, 3.05) is 57.8 Å². The number of halogens is 1. The van der Waals surface area contributed by atoms with E-state index < -0.39 is 29.8 Å². The van der Waals surface area contributed by atoms with Gasteiger partial charge >= 0.3 is 0 Å². The molecule has 274 valence electrons. The lowest BCUT2D eigenvalue weighted by atomic mass is 10.1. The molecule has 52 heavy (non-hydrogen) atoms. The van der Waals surface area contributed by atoms with Gasteiger partial charge in [0.25, 0.3) is 23.6 Å². The molecule has 3 aromatic rings.